The molecular weight excluding hydrogens is 513 g/mol. The Balaban J connectivity index is 1.17. The summed E-state index contributed by atoms with van der Waals surface area (Å²) in [7, 11) is 0. The standard InChI is InChI=1S/C30H32Cl3NO2/c31-25-9-6-10-26(32)28(25)29-24(30(36-34-29)19-11-12-19)17-35-20-13-14-21(27(33)15-20)23-16-22(23)18-7-4-2-1-3-5-8-18/h6,9-10,13-15,18-19,22-23H,1-5,7-8,11-12,16-17H2. The summed E-state index contributed by atoms with van der Waals surface area (Å²) in [6, 6.07) is 11.7. The number of benzene rings is 2. The molecule has 6 rings (SSSR count). The van der Waals surface area contributed by atoms with E-state index in [1.54, 1.807) is 0 Å². The molecule has 0 saturated heterocycles. The van der Waals surface area contributed by atoms with Crippen LogP contribution in [0.2, 0.25) is 15.1 Å². The zero-order chi connectivity index (χ0) is 24.6. The second-order valence-corrected chi connectivity index (χ2v) is 12.0. The van der Waals surface area contributed by atoms with Crippen molar-refractivity contribution >= 4 is 34.8 Å². The molecule has 3 aliphatic carbocycles. The van der Waals surface area contributed by atoms with Crippen LogP contribution in [0.1, 0.15) is 92.9 Å². The zero-order valence-electron chi connectivity index (χ0n) is 20.4. The first-order chi connectivity index (χ1) is 17.6. The number of hydrogen-bond donors (Lipinski definition) is 0. The van der Waals surface area contributed by atoms with Gasteiger partial charge in [0.15, 0.2) is 0 Å². The van der Waals surface area contributed by atoms with Gasteiger partial charge in [-0.1, -0.05) is 97.0 Å². The smallest absolute Gasteiger partial charge is 0.147 e. The van der Waals surface area contributed by atoms with Crippen LogP contribution in [0, 0.1) is 11.8 Å². The Morgan fingerprint density at radius 2 is 1.58 bits per heavy atom. The molecule has 3 saturated carbocycles. The maximum absolute atomic E-state index is 6.80. The molecule has 1 heterocycles. The third-order valence-corrected chi connectivity index (χ3v) is 9.27. The Kier molecular flexibility index (Phi) is 7.25. The lowest BCUT2D eigenvalue weighted by atomic mass is 9.86. The number of rotatable bonds is 7. The van der Waals surface area contributed by atoms with Crippen molar-refractivity contribution in [2.75, 3.05) is 0 Å². The molecular formula is C30H32Cl3NO2. The van der Waals surface area contributed by atoms with Crippen molar-refractivity contribution in [3.8, 4) is 17.0 Å². The molecule has 3 aromatic rings. The summed E-state index contributed by atoms with van der Waals surface area (Å²) in [6.07, 6.45) is 13.3. The van der Waals surface area contributed by atoms with Gasteiger partial charge in [0, 0.05) is 16.5 Å². The van der Waals surface area contributed by atoms with Gasteiger partial charge in [-0.25, -0.2) is 0 Å². The van der Waals surface area contributed by atoms with Crippen LogP contribution in [0.3, 0.4) is 0 Å². The van der Waals surface area contributed by atoms with Gasteiger partial charge >= 0.3 is 0 Å². The Bertz CT molecular complexity index is 1210. The lowest BCUT2D eigenvalue weighted by Gasteiger charge is -2.20. The summed E-state index contributed by atoms with van der Waals surface area (Å²) in [4.78, 5) is 0. The molecule has 0 N–H and O–H groups in total. The van der Waals surface area contributed by atoms with E-state index in [0.29, 0.717) is 39.7 Å². The van der Waals surface area contributed by atoms with Gasteiger partial charge in [0.25, 0.3) is 0 Å². The molecule has 1 aromatic heterocycles. The SMILES string of the molecule is Clc1cc(OCc2c(-c3c(Cl)cccc3Cl)noc2C2CC2)ccc1C1CC1C1CCCCCCC1. The zero-order valence-corrected chi connectivity index (χ0v) is 22.7. The molecule has 190 valence electrons. The Morgan fingerprint density at radius 1 is 0.861 bits per heavy atom. The van der Waals surface area contributed by atoms with E-state index in [9.17, 15) is 0 Å². The van der Waals surface area contributed by atoms with Crippen LogP contribution in [-0.4, -0.2) is 5.16 Å². The van der Waals surface area contributed by atoms with E-state index in [1.165, 1.54) is 56.9 Å². The van der Waals surface area contributed by atoms with E-state index >= 15 is 0 Å². The fourth-order valence-corrected chi connectivity index (χ4v) is 7.00. The molecule has 0 bridgehead atoms. The predicted octanol–water partition coefficient (Wildman–Crippen LogP) is 10.2. The topological polar surface area (TPSA) is 35.3 Å². The van der Waals surface area contributed by atoms with Crippen molar-refractivity contribution < 1.29 is 9.26 Å². The van der Waals surface area contributed by atoms with E-state index in [2.05, 4.69) is 17.3 Å². The molecule has 0 spiro atoms. The lowest BCUT2D eigenvalue weighted by Crippen LogP contribution is -2.07. The van der Waals surface area contributed by atoms with E-state index in [1.807, 2.05) is 24.3 Å². The average molecular weight is 545 g/mol. The summed E-state index contributed by atoms with van der Waals surface area (Å²) in [5.74, 6) is 4.29. The summed E-state index contributed by atoms with van der Waals surface area (Å²) in [5.41, 5.74) is 3.55. The fraction of sp³-hybridized carbons (Fsp3) is 0.500. The van der Waals surface area contributed by atoms with Gasteiger partial charge in [0.2, 0.25) is 0 Å². The maximum Gasteiger partial charge on any atom is 0.147 e. The van der Waals surface area contributed by atoms with E-state index in [0.717, 1.165) is 46.8 Å². The van der Waals surface area contributed by atoms with Crippen LogP contribution in [0.15, 0.2) is 40.9 Å². The average Bonchev–Trinajstić information content (AvgIpc) is 3.77. The summed E-state index contributed by atoms with van der Waals surface area (Å²) in [5, 5.41) is 6.27. The molecule has 2 unspecified atom stereocenters. The lowest BCUT2D eigenvalue weighted by molar-refractivity contribution is 0.300. The third-order valence-electron chi connectivity index (χ3n) is 8.32. The molecule has 2 aromatic carbocycles. The Morgan fingerprint density at radius 3 is 2.28 bits per heavy atom. The number of nitrogens with zero attached hydrogens (tertiary/aromatic N) is 1. The minimum absolute atomic E-state index is 0.329. The molecule has 3 nitrogen and oxygen atoms in total. The fourth-order valence-electron chi connectivity index (χ4n) is 6.11. The normalized spacial score (nSPS) is 22.8. The summed E-state index contributed by atoms with van der Waals surface area (Å²) in [6.45, 7) is 0.329. The first-order valence-corrected chi connectivity index (χ1v) is 14.6. The van der Waals surface area contributed by atoms with Gasteiger partial charge in [0.05, 0.1) is 15.6 Å². The van der Waals surface area contributed by atoms with Gasteiger partial charge in [0.1, 0.15) is 23.8 Å². The quantitative estimate of drug-likeness (QED) is 0.297. The van der Waals surface area contributed by atoms with E-state index in [4.69, 9.17) is 44.1 Å². The molecule has 2 atom stereocenters. The molecule has 3 fully saturated rings. The van der Waals surface area contributed by atoms with Gasteiger partial charge in [-0.05, 0) is 66.8 Å². The third kappa shape index (κ3) is 5.17. The Hall–Kier alpha value is -1.68. The van der Waals surface area contributed by atoms with Crippen molar-refractivity contribution in [3.63, 3.8) is 0 Å². The van der Waals surface area contributed by atoms with Gasteiger partial charge in [-0.15, -0.1) is 0 Å². The molecule has 0 radical (unpaired) electrons. The minimum atomic E-state index is 0.329. The van der Waals surface area contributed by atoms with Crippen molar-refractivity contribution in [2.24, 2.45) is 11.8 Å². The maximum atomic E-state index is 6.80. The molecule has 6 heteroatoms. The predicted molar refractivity (Wildman–Crippen MR) is 146 cm³/mol. The minimum Gasteiger partial charge on any atom is -0.489 e. The highest BCUT2D eigenvalue weighted by molar-refractivity contribution is 6.39. The van der Waals surface area contributed by atoms with E-state index < -0.39 is 0 Å². The number of hydrogen-bond acceptors (Lipinski definition) is 3. The number of aromatic nitrogens is 1. The van der Waals surface area contributed by atoms with Crippen LogP contribution in [0.25, 0.3) is 11.3 Å². The Labute approximate surface area is 228 Å². The van der Waals surface area contributed by atoms with Crippen molar-refractivity contribution in [2.45, 2.75) is 82.7 Å². The molecule has 3 aliphatic rings. The van der Waals surface area contributed by atoms with Crippen LogP contribution in [-0.2, 0) is 6.61 Å². The van der Waals surface area contributed by atoms with E-state index in [-0.39, 0.29) is 0 Å². The molecule has 0 amide bonds. The second-order valence-electron chi connectivity index (χ2n) is 10.8. The van der Waals surface area contributed by atoms with Crippen molar-refractivity contribution in [1.82, 2.24) is 5.16 Å². The van der Waals surface area contributed by atoms with Crippen LogP contribution >= 0.6 is 34.8 Å². The number of halogens is 3. The monoisotopic (exact) mass is 543 g/mol. The van der Waals surface area contributed by atoms with Gasteiger partial charge < -0.3 is 9.26 Å². The van der Waals surface area contributed by atoms with Crippen LogP contribution < -0.4 is 4.74 Å². The molecule has 0 aliphatic heterocycles. The highest BCUT2D eigenvalue weighted by Gasteiger charge is 2.44. The van der Waals surface area contributed by atoms with Crippen LogP contribution in [0.5, 0.6) is 5.75 Å². The number of ether oxygens (including phenoxy) is 1. The van der Waals surface area contributed by atoms with Crippen molar-refractivity contribution in [1.29, 1.82) is 0 Å². The highest BCUT2D eigenvalue weighted by atomic mass is 35.5. The van der Waals surface area contributed by atoms with Crippen molar-refractivity contribution in [3.05, 3.63) is 68.4 Å². The van der Waals surface area contributed by atoms with Crippen LogP contribution in [0.4, 0.5) is 0 Å². The summed E-state index contributed by atoms with van der Waals surface area (Å²) >= 11 is 19.8. The first-order valence-electron chi connectivity index (χ1n) is 13.4. The largest absolute Gasteiger partial charge is 0.489 e. The van der Waals surface area contributed by atoms with Gasteiger partial charge in [-0.2, -0.15) is 0 Å². The van der Waals surface area contributed by atoms with Gasteiger partial charge in [-0.3, -0.25) is 0 Å². The highest BCUT2D eigenvalue weighted by Crippen LogP contribution is 2.56. The molecule has 36 heavy (non-hydrogen) atoms. The summed E-state index contributed by atoms with van der Waals surface area (Å²) < 4.78 is 12.0. The first kappa shape index (κ1) is 24.6. The second kappa shape index (κ2) is 10.6.